The molecule has 0 aliphatic heterocycles. The van der Waals surface area contributed by atoms with Crippen molar-refractivity contribution < 1.29 is 9.53 Å². The van der Waals surface area contributed by atoms with Gasteiger partial charge in [-0.15, -0.1) is 0 Å². The van der Waals surface area contributed by atoms with E-state index in [2.05, 4.69) is 15.9 Å². The maximum atomic E-state index is 11.8. The Morgan fingerprint density at radius 2 is 2.06 bits per heavy atom. The maximum absolute atomic E-state index is 11.8. The quantitative estimate of drug-likeness (QED) is 0.798. The lowest BCUT2D eigenvalue weighted by Crippen LogP contribution is -2.33. The zero-order valence-corrected chi connectivity index (χ0v) is 13.3. The zero-order chi connectivity index (χ0) is 13.9. The molecule has 0 fully saturated rings. The van der Waals surface area contributed by atoms with Crippen molar-refractivity contribution in [2.75, 3.05) is 7.05 Å². The lowest BCUT2D eigenvalue weighted by Gasteiger charge is -2.25. The summed E-state index contributed by atoms with van der Waals surface area (Å²) in [7, 11) is 1.70. The normalized spacial score (nSPS) is 11.2. The molecule has 5 heteroatoms. The van der Waals surface area contributed by atoms with Crippen LogP contribution >= 0.6 is 27.5 Å². The Hall–Kier alpha value is -0.740. The number of rotatable bonds is 2. The molecule has 0 aliphatic rings. The van der Waals surface area contributed by atoms with E-state index < -0.39 is 5.60 Å². The largest absolute Gasteiger partial charge is 0.444 e. The second-order valence-electron chi connectivity index (χ2n) is 5.07. The smallest absolute Gasteiger partial charge is 0.410 e. The van der Waals surface area contributed by atoms with Gasteiger partial charge in [-0.25, -0.2) is 4.79 Å². The van der Waals surface area contributed by atoms with E-state index in [0.29, 0.717) is 11.6 Å². The molecule has 0 heterocycles. The Morgan fingerprint density at radius 1 is 1.44 bits per heavy atom. The van der Waals surface area contributed by atoms with Gasteiger partial charge < -0.3 is 9.64 Å². The summed E-state index contributed by atoms with van der Waals surface area (Å²) in [5, 5.41) is 0.658. The first-order chi connectivity index (χ1) is 8.19. The van der Waals surface area contributed by atoms with Gasteiger partial charge in [0.2, 0.25) is 0 Å². The molecule has 0 spiro atoms. The molecular formula is C13H17BrClNO2. The van der Waals surface area contributed by atoms with Gasteiger partial charge in [0.25, 0.3) is 0 Å². The predicted octanol–water partition coefficient (Wildman–Crippen LogP) is 4.47. The number of nitrogens with zero attached hydrogens (tertiary/aromatic N) is 1. The summed E-state index contributed by atoms with van der Waals surface area (Å²) < 4.78 is 6.16. The minimum absolute atomic E-state index is 0.343. The molecule has 18 heavy (non-hydrogen) atoms. The fraction of sp³-hybridized carbons (Fsp3) is 0.462. The number of ether oxygens (including phenoxy) is 1. The van der Waals surface area contributed by atoms with Crippen LogP contribution in [-0.4, -0.2) is 23.6 Å². The summed E-state index contributed by atoms with van der Waals surface area (Å²) in [6.45, 7) is 6.00. The van der Waals surface area contributed by atoms with Crippen molar-refractivity contribution in [3.05, 3.63) is 33.3 Å². The Morgan fingerprint density at radius 3 is 2.56 bits per heavy atom. The average molecular weight is 335 g/mol. The second-order valence-corrected chi connectivity index (χ2v) is 6.36. The van der Waals surface area contributed by atoms with Crippen molar-refractivity contribution >= 4 is 33.6 Å². The van der Waals surface area contributed by atoms with Gasteiger partial charge in [0.1, 0.15) is 5.60 Å². The molecule has 0 saturated carbocycles. The van der Waals surface area contributed by atoms with Crippen LogP contribution in [0.15, 0.2) is 22.7 Å². The van der Waals surface area contributed by atoms with E-state index in [1.165, 1.54) is 4.90 Å². The molecule has 0 bridgehead atoms. The monoisotopic (exact) mass is 333 g/mol. The minimum Gasteiger partial charge on any atom is -0.444 e. The first-order valence-electron chi connectivity index (χ1n) is 5.57. The molecule has 0 saturated heterocycles. The van der Waals surface area contributed by atoms with Gasteiger partial charge in [-0.1, -0.05) is 33.6 Å². The zero-order valence-electron chi connectivity index (χ0n) is 11.0. The molecule has 0 aliphatic carbocycles. The van der Waals surface area contributed by atoms with Crippen LogP contribution in [0.25, 0.3) is 0 Å². The number of carbonyl (C=O) groups is 1. The molecule has 100 valence electrons. The molecule has 1 aromatic rings. The van der Waals surface area contributed by atoms with E-state index in [0.717, 1.165) is 10.0 Å². The van der Waals surface area contributed by atoms with Crippen molar-refractivity contribution in [3.63, 3.8) is 0 Å². The van der Waals surface area contributed by atoms with Crippen molar-refractivity contribution in [2.24, 2.45) is 0 Å². The number of amides is 1. The molecule has 0 unspecified atom stereocenters. The highest BCUT2D eigenvalue weighted by atomic mass is 79.9. The van der Waals surface area contributed by atoms with Crippen molar-refractivity contribution in [3.8, 4) is 0 Å². The Bertz CT molecular complexity index is 443. The van der Waals surface area contributed by atoms with Crippen molar-refractivity contribution in [1.29, 1.82) is 0 Å². The molecule has 0 aromatic heterocycles. The highest BCUT2D eigenvalue weighted by Gasteiger charge is 2.20. The summed E-state index contributed by atoms with van der Waals surface area (Å²) in [6.07, 6.45) is -0.343. The van der Waals surface area contributed by atoms with Crippen molar-refractivity contribution in [2.45, 2.75) is 32.9 Å². The average Bonchev–Trinajstić information content (AvgIpc) is 2.19. The van der Waals surface area contributed by atoms with Crippen LogP contribution in [0.2, 0.25) is 5.02 Å². The van der Waals surface area contributed by atoms with E-state index in [9.17, 15) is 4.79 Å². The molecular weight excluding hydrogens is 318 g/mol. The van der Waals surface area contributed by atoms with E-state index in [1.807, 2.05) is 26.8 Å². The van der Waals surface area contributed by atoms with Gasteiger partial charge in [-0.05, 0) is 38.5 Å². The molecule has 0 atom stereocenters. The summed E-state index contributed by atoms with van der Waals surface area (Å²) >= 11 is 9.29. The molecule has 1 aromatic carbocycles. The Kier molecular flexibility index (Phi) is 5.05. The number of halogens is 2. The van der Waals surface area contributed by atoms with Crippen LogP contribution in [0.1, 0.15) is 26.3 Å². The number of benzene rings is 1. The molecule has 3 nitrogen and oxygen atoms in total. The van der Waals surface area contributed by atoms with E-state index in [4.69, 9.17) is 16.3 Å². The van der Waals surface area contributed by atoms with Crippen LogP contribution in [-0.2, 0) is 11.3 Å². The molecule has 1 amide bonds. The summed E-state index contributed by atoms with van der Waals surface area (Å²) in [6, 6.07) is 5.48. The molecule has 0 N–H and O–H groups in total. The third kappa shape index (κ3) is 4.86. The van der Waals surface area contributed by atoms with Gasteiger partial charge in [0.05, 0.1) is 0 Å². The van der Waals surface area contributed by atoms with Crippen LogP contribution < -0.4 is 0 Å². The summed E-state index contributed by atoms with van der Waals surface area (Å²) in [5.41, 5.74) is 0.496. The third-order valence-electron chi connectivity index (χ3n) is 2.13. The Labute approximate surface area is 121 Å². The fourth-order valence-corrected chi connectivity index (χ4v) is 2.12. The first-order valence-corrected chi connectivity index (χ1v) is 6.74. The number of carbonyl (C=O) groups excluding carboxylic acids is 1. The van der Waals surface area contributed by atoms with Crippen molar-refractivity contribution in [1.82, 2.24) is 4.90 Å². The Balaban J connectivity index is 2.69. The van der Waals surface area contributed by atoms with Crippen LogP contribution in [0.4, 0.5) is 4.79 Å². The predicted molar refractivity (Wildman–Crippen MR) is 76.9 cm³/mol. The second kappa shape index (κ2) is 5.93. The lowest BCUT2D eigenvalue weighted by molar-refractivity contribution is 0.0285. The molecule has 1 rings (SSSR count). The van der Waals surface area contributed by atoms with Gasteiger partial charge >= 0.3 is 6.09 Å². The highest BCUT2D eigenvalue weighted by molar-refractivity contribution is 9.10. The van der Waals surface area contributed by atoms with Gasteiger partial charge in [0.15, 0.2) is 0 Å². The number of hydrogen-bond donors (Lipinski definition) is 0. The lowest BCUT2D eigenvalue weighted by atomic mass is 10.2. The number of hydrogen-bond acceptors (Lipinski definition) is 2. The molecule has 0 radical (unpaired) electrons. The topological polar surface area (TPSA) is 29.5 Å². The van der Waals surface area contributed by atoms with Gasteiger partial charge in [0, 0.05) is 23.1 Å². The van der Waals surface area contributed by atoms with Crippen LogP contribution in [0, 0.1) is 0 Å². The standard InChI is InChI=1S/C13H17BrClNO2/c1-13(2,3)18-12(17)16(4)8-9-5-6-10(15)7-11(9)14/h5-7H,8H2,1-4H3. The summed E-state index contributed by atoms with van der Waals surface area (Å²) in [5.74, 6) is 0. The van der Waals surface area contributed by atoms with E-state index >= 15 is 0 Å². The van der Waals surface area contributed by atoms with E-state index in [-0.39, 0.29) is 6.09 Å². The van der Waals surface area contributed by atoms with Crippen LogP contribution in [0.5, 0.6) is 0 Å². The summed E-state index contributed by atoms with van der Waals surface area (Å²) in [4.78, 5) is 13.3. The first kappa shape index (κ1) is 15.3. The van der Waals surface area contributed by atoms with E-state index in [1.54, 1.807) is 19.2 Å². The maximum Gasteiger partial charge on any atom is 0.410 e. The van der Waals surface area contributed by atoms with Gasteiger partial charge in [-0.3, -0.25) is 0 Å². The van der Waals surface area contributed by atoms with Crippen LogP contribution in [0.3, 0.4) is 0 Å². The third-order valence-corrected chi connectivity index (χ3v) is 3.10. The minimum atomic E-state index is -0.484. The SMILES string of the molecule is CN(Cc1ccc(Cl)cc1Br)C(=O)OC(C)(C)C. The highest BCUT2D eigenvalue weighted by Crippen LogP contribution is 2.23. The van der Waals surface area contributed by atoms with Gasteiger partial charge in [-0.2, -0.15) is 0 Å². The fourth-order valence-electron chi connectivity index (χ4n) is 1.31.